The fraction of sp³-hybridized carbons (Fsp3) is 0.441. The van der Waals surface area contributed by atoms with Crippen LogP contribution in [0.3, 0.4) is 0 Å². The number of fused-ring (bicyclic) bond motifs is 1. The van der Waals surface area contributed by atoms with Crippen molar-refractivity contribution in [2.45, 2.75) is 25.3 Å². The minimum Gasteiger partial charge on any atom is -0.496 e. The highest BCUT2D eigenvalue weighted by atomic mass is 16.5. The molecule has 0 saturated carbocycles. The molecule has 2 aromatic carbocycles. The number of piperazine rings is 1. The Kier molecular flexibility index (Phi) is 9.09. The number of pyridine rings is 1. The van der Waals surface area contributed by atoms with Crippen LogP contribution in [0.4, 0.5) is 5.69 Å². The molecule has 2 N–H and O–H groups in total. The number of aromatic nitrogens is 3. The smallest absolute Gasteiger partial charge is 0.276 e. The molecule has 0 bridgehead atoms. The Hall–Kier alpha value is -4.35. The molecule has 1 amide bonds. The quantitative estimate of drug-likeness (QED) is 0.296. The lowest BCUT2D eigenvalue weighted by Crippen LogP contribution is -2.51. The van der Waals surface area contributed by atoms with Crippen LogP contribution in [0.1, 0.15) is 29.9 Å². The summed E-state index contributed by atoms with van der Waals surface area (Å²) in [4.78, 5) is 32.4. The van der Waals surface area contributed by atoms with Crippen molar-refractivity contribution in [2.75, 3.05) is 72.4 Å². The third-order valence-corrected chi connectivity index (χ3v) is 9.43. The van der Waals surface area contributed by atoms with Crippen LogP contribution in [0.5, 0.6) is 11.5 Å². The summed E-state index contributed by atoms with van der Waals surface area (Å²) in [7, 11) is 6.99. The van der Waals surface area contributed by atoms with E-state index in [0.29, 0.717) is 37.6 Å². The molecule has 2 aliphatic heterocycles. The zero-order chi connectivity index (χ0) is 31.5. The first kappa shape index (κ1) is 30.7. The molecular formula is C34H43N7O4. The Morgan fingerprint density at radius 3 is 2.27 bits per heavy atom. The average Bonchev–Trinajstić information content (AvgIpc) is 3.58. The zero-order valence-electron chi connectivity index (χ0n) is 26.6. The summed E-state index contributed by atoms with van der Waals surface area (Å²) >= 11 is 0. The average molecular weight is 614 g/mol. The molecule has 4 heterocycles. The molecule has 11 nitrogen and oxygen atoms in total. The predicted octanol–water partition coefficient (Wildman–Crippen LogP) is 3.51. The van der Waals surface area contributed by atoms with Crippen molar-refractivity contribution in [1.82, 2.24) is 29.5 Å². The number of aryl methyl sites for hydroxylation is 1. The molecule has 6 rings (SSSR count). The van der Waals surface area contributed by atoms with Crippen LogP contribution < -0.4 is 20.3 Å². The molecule has 0 spiro atoms. The van der Waals surface area contributed by atoms with E-state index in [4.69, 9.17) is 9.47 Å². The number of H-pyrrole nitrogens is 1. The highest BCUT2D eigenvalue weighted by molar-refractivity contribution is 5.94. The molecule has 2 saturated heterocycles. The lowest BCUT2D eigenvalue weighted by molar-refractivity contribution is -0.134. The second-order valence-electron chi connectivity index (χ2n) is 12.1. The number of hydrogen-bond donors (Lipinski definition) is 2. The van der Waals surface area contributed by atoms with Gasteiger partial charge in [0.05, 0.1) is 32.5 Å². The lowest BCUT2D eigenvalue weighted by Gasteiger charge is -2.37. The first-order chi connectivity index (χ1) is 21.9. The van der Waals surface area contributed by atoms with Crippen molar-refractivity contribution in [3.05, 3.63) is 70.3 Å². The van der Waals surface area contributed by atoms with Crippen LogP contribution in [0.15, 0.2) is 53.6 Å². The van der Waals surface area contributed by atoms with Gasteiger partial charge >= 0.3 is 0 Å². The maximum atomic E-state index is 13.2. The number of piperidine rings is 1. The molecule has 2 aliphatic rings. The fourth-order valence-corrected chi connectivity index (χ4v) is 6.69. The van der Waals surface area contributed by atoms with E-state index in [1.54, 1.807) is 32.0 Å². The predicted molar refractivity (Wildman–Crippen MR) is 176 cm³/mol. The number of likely N-dealkylation sites (tertiary alicyclic amines) is 1. The summed E-state index contributed by atoms with van der Waals surface area (Å²) in [6, 6.07) is 12.7. The van der Waals surface area contributed by atoms with Crippen molar-refractivity contribution in [1.29, 1.82) is 0 Å². The molecule has 0 aliphatic carbocycles. The number of ether oxygens (including phenoxy) is 2. The van der Waals surface area contributed by atoms with Crippen LogP contribution in [-0.2, 0) is 18.4 Å². The second-order valence-corrected chi connectivity index (χ2v) is 12.1. The molecule has 11 heteroatoms. The number of benzene rings is 2. The second kappa shape index (κ2) is 13.3. The Morgan fingerprint density at radius 2 is 1.64 bits per heavy atom. The number of anilines is 1. The highest BCUT2D eigenvalue weighted by Crippen LogP contribution is 2.38. The van der Waals surface area contributed by atoms with E-state index >= 15 is 0 Å². The molecule has 4 aromatic rings. The number of carbonyl (C=O) groups is 1. The summed E-state index contributed by atoms with van der Waals surface area (Å²) in [5.41, 5.74) is 5.55. The van der Waals surface area contributed by atoms with Crippen molar-refractivity contribution >= 4 is 22.5 Å². The van der Waals surface area contributed by atoms with Gasteiger partial charge in [-0.15, -0.1) is 0 Å². The summed E-state index contributed by atoms with van der Waals surface area (Å²) in [5, 5.41) is 10.9. The Labute approximate surface area is 263 Å². The van der Waals surface area contributed by atoms with Gasteiger partial charge in [-0.1, -0.05) is 12.1 Å². The molecule has 0 radical (unpaired) electrons. The lowest BCUT2D eigenvalue weighted by atomic mass is 9.89. The van der Waals surface area contributed by atoms with Crippen LogP contribution in [0.2, 0.25) is 0 Å². The minimum absolute atomic E-state index is 0.129. The van der Waals surface area contributed by atoms with Crippen molar-refractivity contribution in [3.63, 3.8) is 0 Å². The standard InChI is InChI=1S/C34H43N7O4/c1-35-26-7-5-23(6-8-26)24-9-11-39(12-10-24)22-32(42)41-15-13-40(14-16-41)21-29-30(44-3)17-25(18-31(29)45-4)28-20-38(2)34(43)33-27(28)19-36-37-33/h5-8,17-20,24,35H,9-16,21-22H2,1-4H3,(H,36,37). The van der Waals surface area contributed by atoms with Gasteiger partial charge in [-0.2, -0.15) is 5.10 Å². The van der Waals surface area contributed by atoms with Gasteiger partial charge in [-0.05, 0) is 67.2 Å². The number of nitrogens with zero attached hydrogens (tertiary/aromatic N) is 5. The molecular weight excluding hydrogens is 570 g/mol. The normalized spacial score (nSPS) is 16.7. The summed E-state index contributed by atoms with van der Waals surface area (Å²) < 4.78 is 13.3. The van der Waals surface area contributed by atoms with Crippen LogP contribution >= 0.6 is 0 Å². The third kappa shape index (κ3) is 6.41. The Balaban J connectivity index is 1.06. The number of aromatic amines is 1. The molecule has 0 atom stereocenters. The number of hydrogen-bond acceptors (Lipinski definition) is 8. The van der Waals surface area contributed by atoms with Gasteiger partial charge in [0, 0.05) is 69.7 Å². The number of nitrogens with one attached hydrogen (secondary N) is 2. The van der Waals surface area contributed by atoms with Crippen LogP contribution in [0.25, 0.3) is 22.0 Å². The third-order valence-electron chi connectivity index (χ3n) is 9.43. The monoisotopic (exact) mass is 613 g/mol. The number of methoxy groups -OCH3 is 2. The van der Waals surface area contributed by atoms with E-state index in [9.17, 15) is 9.59 Å². The zero-order valence-corrected chi connectivity index (χ0v) is 26.6. The topological polar surface area (TPSA) is 108 Å². The van der Waals surface area contributed by atoms with Crippen molar-refractivity contribution in [3.8, 4) is 22.6 Å². The SMILES string of the molecule is CNc1ccc(C2CCN(CC(=O)N3CCN(Cc4c(OC)cc(-c5cn(C)c(=O)c6[nH]ncc56)cc4OC)CC3)CC2)cc1. The van der Waals surface area contributed by atoms with E-state index in [1.165, 1.54) is 5.56 Å². The van der Waals surface area contributed by atoms with Gasteiger partial charge in [0.25, 0.3) is 5.56 Å². The maximum absolute atomic E-state index is 13.2. The van der Waals surface area contributed by atoms with Gasteiger partial charge in [0.1, 0.15) is 17.0 Å². The largest absolute Gasteiger partial charge is 0.496 e. The molecule has 238 valence electrons. The van der Waals surface area contributed by atoms with E-state index < -0.39 is 0 Å². The van der Waals surface area contributed by atoms with Crippen molar-refractivity contribution < 1.29 is 14.3 Å². The fourth-order valence-electron chi connectivity index (χ4n) is 6.69. The van der Waals surface area contributed by atoms with Crippen LogP contribution in [0, 0.1) is 0 Å². The van der Waals surface area contributed by atoms with E-state index in [-0.39, 0.29) is 11.5 Å². The molecule has 45 heavy (non-hydrogen) atoms. The highest BCUT2D eigenvalue weighted by Gasteiger charge is 2.27. The number of amides is 1. The van der Waals surface area contributed by atoms with Crippen LogP contribution in [-0.4, -0.2) is 102 Å². The Bertz CT molecular complexity index is 1670. The Morgan fingerprint density at radius 1 is 0.978 bits per heavy atom. The maximum Gasteiger partial charge on any atom is 0.276 e. The summed E-state index contributed by atoms with van der Waals surface area (Å²) in [5.74, 6) is 2.21. The molecule has 2 aromatic heterocycles. The summed E-state index contributed by atoms with van der Waals surface area (Å²) in [6.45, 7) is 5.99. The van der Waals surface area contributed by atoms with Crippen molar-refractivity contribution in [2.24, 2.45) is 7.05 Å². The first-order valence-electron chi connectivity index (χ1n) is 15.7. The number of carbonyl (C=O) groups excluding carboxylic acids is 1. The minimum atomic E-state index is -0.129. The van der Waals surface area contributed by atoms with Gasteiger partial charge in [0.15, 0.2) is 0 Å². The van der Waals surface area contributed by atoms with Gasteiger partial charge < -0.3 is 24.3 Å². The molecule has 2 fully saturated rings. The summed E-state index contributed by atoms with van der Waals surface area (Å²) in [6.07, 6.45) is 5.65. The molecule has 0 unspecified atom stereocenters. The van der Waals surface area contributed by atoms with Gasteiger partial charge in [-0.3, -0.25) is 24.5 Å². The first-order valence-corrected chi connectivity index (χ1v) is 15.7. The number of rotatable bonds is 9. The van der Waals surface area contributed by atoms with Gasteiger partial charge in [0.2, 0.25) is 5.91 Å². The van der Waals surface area contributed by atoms with Gasteiger partial charge in [-0.25, -0.2) is 0 Å². The van der Waals surface area contributed by atoms with E-state index in [0.717, 1.165) is 78.3 Å². The van der Waals surface area contributed by atoms with E-state index in [2.05, 4.69) is 49.6 Å². The van der Waals surface area contributed by atoms with E-state index in [1.807, 2.05) is 30.3 Å².